The molecule has 36 heavy (non-hydrogen) atoms. The van der Waals surface area contributed by atoms with Crippen LogP contribution in [0.2, 0.25) is 0 Å². The molecule has 0 radical (unpaired) electrons. The lowest BCUT2D eigenvalue weighted by atomic mass is 10.00. The highest BCUT2D eigenvalue weighted by atomic mass is 16.6. The maximum Gasteiger partial charge on any atom is 0.303 e. The van der Waals surface area contributed by atoms with Crippen molar-refractivity contribution in [2.45, 2.75) is 26.7 Å². The summed E-state index contributed by atoms with van der Waals surface area (Å²) in [5.74, 6) is -0.0965. The van der Waals surface area contributed by atoms with Crippen LogP contribution in [0.1, 0.15) is 26.7 Å². The Bertz CT molecular complexity index is 1500. The number of nitro benzene ring substituents is 2. The van der Waals surface area contributed by atoms with Crippen molar-refractivity contribution in [3.63, 3.8) is 0 Å². The zero-order valence-corrected chi connectivity index (χ0v) is 19.9. The minimum Gasteiger partial charge on any atom is -0.505 e. The number of aromatic hydroxyl groups is 1. The van der Waals surface area contributed by atoms with Gasteiger partial charge in [-0.3, -0.25) is 20.2 Å². The Labute approximate surface area is 206 Å². The lowest BCUT2D eigenvalue weighted by Gasteiger charge is -2.26. The van der Waals surface area contributed by atoms with Crippen molar-refractivity contribution in [3.8, 4) is 5.75 Å². The van der Waals surface area contributed by atoms with E-state index in [2.05, 4.69) is 29.0 Å². The molecule has 4 aromatic rings. The van der Waals surface area contributed by atoms with Gasteiger partial charge in [0.1, 0.15) is 5.69 Å². The van der Waals surface area contributed by atoms with Gasteiger partial charge in [-0.25, -0.2) is 0 Å². The van der Waals surface area contributed by atoms with Crippen LogP contribution in [-0.4, -0.2) is 28.0 Å². The molecule has 0 bridgehead atoms. The van der Waals surface area contributed by atoms with Crippen LogP contribution < -0.4 is 4.90 Å². The average Bonchev–Trinajstić information content (AvgIpc) is 2.87. The molecule has 0 atom stereocenters. The molecule has 0 spiro atoms. The number of rotatable bonds is 9. The third kappa shape index (κ3) is 4.78. The quantitative estimate of drug-likeness (QED) is 0.112. The summed E-state index contributed by atoms with van der Waals surface area (Å²) in [7, 11) is 0. The normalized spacial score (nSPS) is 11.4. The van der Waals surface area contributed by atoms with Gasteiger partial charge in [0.2, 0.25) is 0 Å². The Morgan fingerprint density at radius 3 is 2.00 bits per heavy atom. The summed E-state index contributed by atoms with van der Waals surface area (Å²) in [5.41, 5.74) is -0.0812. The summed E-state index contributed by atoms with van der Waals surface area (Å²) >= 11 is 0. The van der Waals surface area contributed by atoms with E-state index >= 15 is 0 Å². The Kier molecular flexibility index (Phi) is 7.05. The SMILES string of the molecule is CCCN(CCC)c1cc(N=Nc2ccc([N+](=O)[O-])cc2[N+](=O)[O-])c(O)c2cc3ccccc3cc12. The van der Waals surface area contributed by atoms with Gasteiger partial charge in [-0.1, -0.05) is 38.1 Å². The minimum atomic E-state index is -0.747. The standard InChI is InChI=1S/C26H25N5O5/c1-3-11-29(12-4-2)24-16-23(26(32)21-14-18-8-6-5-7-17(18)13-20(21)24)28-27-22-10-9-19(30(33)34)15-25(22)31(35)36/h5-10,13-16,32H,3-4,11-12H2,1-2H3. The molecule has 0 unspecified atom stereocenters. The molecule has 4 rings (SSSR count). The molecule has 0 aliphatic carbocycles. The van der Waals surface area contributed by atoms with E-state index in [4.69, 9.17) is 0 Å². The highest BCUT2D eigenvalue weighted by Crippen LogP contribution is 2.44. The molecular weight excluding hydrogens is 462 g/mol. The van der Waals surface area contributed by atoms with E-state index in [1.165, 1.54) is 6.07 Å². The average molecular weight is 488 g/mol. The van der Waals surface area contributed by atoms with Crippen molar-refractivity contribution in [1.82, 2.24) is 0 Å². The van der Waals surface area contributed by atoms with Crippen LogP contribution in [0.5, 0.6) is 5.75 Å². The molecule has 0 fully saturated rings. The lowest BCUT2D eigenvalue weighted by molar-refractivity contribution is -0.393. The fourth-order valence-corrected chi connectivity index (χ4v) is 4.26. The van der Waals surface area contributed by atoms with Crippen LogP contribution in [0.4, 0.5) is 28.4 Å². The number of phenols is 1. The maximum absolute atomic E-state index is 11.5. The number of benzene rings is 4. The van der Waals surface area contributed by atoms with Gasteiger partial charge >= 0.3 is 5.69 Å². The van der Waals surface area contributed by atoms with Crippen molar-refractivity contribution in [2.24, 2.45) is 10.2 Å². The van der Waals surface area contributed by atoms with Gasteiger partial charge in [-0.2, -0.15) is 0 Å². The second-order valence-corrected chi connectivity index (χ2v) is 8.38. The molecule has 4 aromatic carbocycles. The van der Waals surface area contributed by atoms with E-state index in [0.29, 0.717) is 5.39 Å². The Morgan fingerprint density at radius 2 is 1.42 bits per heavy atom. The van der Waals surface area contributed by atoms with Gasteiger partial charge < -0.3 is 10.0 Å². The largest absolute Gasteiger partial charge is 0.505 e. The molecule has 0 saturated carbocycles. The summed E-state index contributed by atoms with van der Waals surface area (Å²) in [6, 6.07) is 16.7. The van der Waals surface area contributed by atoms with Crippen molar-refractivity contribution in [3.05, 3.63) is 80.9 Å². The number of hydrogen-bond acceptors (Lipinski definition) is 8. The number of nitrogens with zero attached hydrogens (tertiary/aromatic N) is 5. The predicted octanol–water partition coefficient (Wildman–Crippen LogP) is 7.56. The van der Waals surface area contributed by atoms with Gasteiger partial charge in [-0.15, -0.1) is 10.2 Å². The fraction of sp³-hybridized carbons (Fsp3) is 0.231. The summed E-state index contributed by atoms with van der Waals surface area (Å²) in [5, 5.41) is 45.3. The van der Waals surface area contributed by atoms with E-state index in [1.807, 2.05) is 36.4 Å². The van der Waals surface area contributed by atoms with Crippen LogP contribution in [0, 0.1) is 20.2 Å². The number of fused-ring (bicyclic) bond motifs is 2. The van der Waals surface area contributed by atoms with Gasteiger partial charge in [-0.05, 0) is 47.9 Å². The van der Waals surface area contributed by atoms with Crippen molar-refractivity contribution >= 4 is 50.0 Å². The second kappa shape index (κ2) is 10.3. The van der Waals surface area contributed by atoms with Gasteiger partial charge in [0.15, 0.2) is 11.4 Å². The van der Waals surface area contributed by atoms with E-state index in [9.17, 15) is 25.3 Å². The fourth-order valence-electron chi connectivity index (χ4n) is 4.26. The Morgan fingerprint density at radius 1 is 0.806 bits per heavy atom. The van der Waals surface area contributed by atoms with E-state index in [0.717, 1.165) is 59.9 Å². The molecule has 0 heterocycles. The number of nitro groups is 2. The second-order valence-electron chi connectivity index (χ2n) is 8.38. The molecule has 10 nitrogen and oxygen atoms in total. The summed E-state index contributed by atoms with van der Waals surface area (Å²) in [4.78, 5) is 23.3. The van der Waals surface area contributed by atoms with E-state index < -0.39 is 21.2 Å². The zero-order chi connectivity index (χ0) is 25.8. The first-order valence-electron chi connectivity index (χ1n) is 11.6. The summed E-state index contributed by atoms with van der Waals surface area (Å²) in [6.45, 7) is 5.78. The number of phenolic OH excluding ortho intramolecular Hbond substituents is 1. The zero-order valence-electron chi connectivity index (χ0n) is 19.9. The van der Waals surface area contributed by atoms with E-state index in [-0.39, 0.29) is 17.1 Å². The Hall–Kier alpha value is -4.60. The van der Waals surface area contributed by atoms with Crippen LogP contribution >= 0.6 is 0 Å². The molecule has 0 aliphatic rings. The monoisotopic (exact) mass is 487 g/mol. The molecular formula is C26H25N5O5. The number of hydrogen-bond donors (Lipinski definition) is 1. The van der Waals surface area contributed by atoms with Gasteiger partial charge in [0.05, 0.1) is 15.9 Å². The third-order valence-corrected chi connectivity index (χ3v) is 5.89. The predicted molar refractivity (Wildman–Crippen MR) is 140 cm³/mol. The molecule has 10 heteroatoms. The maximum atomic E-state index is 11.5. The van der Waals surface area contributed by atoms with Crippen LogP contribution in [0.15, 0.2) is 70.9 Å². The topological polar surface area (TPSA) is 134 Å². The van der Waals surface area contributed by atoms with Crippen molar-refractivity contribution in [2.75, 3.05) is 18.0 Å². The minimum absolute atomic E-state index is 0.0965. The van der Waals surface area contributed by atoms with Crippen molar-refractivity contribution in [1.29, 1.82) is 0 Å². The van der Waals surface area contributed by atoms with Crippen LogP contribution in [0.25, 0.3) is 21.5 Å². The number of anilines is 1. The first kappa shape index (κ1) is 24.5. The van der Waals surface area contributed by atoms with Crippen LogP contribution in [-0.2, 0) is 0 Å². The first-order chi connectivity index (χ1) is 17.3. The highest BCUT2D eigenvalue weighted by molar-refractivity contribution is 6.08. The summed E-state index contributed by atoms with van der Waals surface area (Å²) < 4.78 is 0. The summed E-state index contributed by atoms with van der Waals surface area (Å²) in [6.07, 6.45) is 1.84. The van der Waals surface area contributed by atoms with E-state index in [1.54, 1.807) is 6.07 Å². The molecule has 184 valence electrons. The molecule has 0 saturated heterocycles. The third-order valence-electron chi connectivity index (χ3n) is 5.89. The first-order valence-corrected chi connectivity index (χ1v) is 11.6. The number of non-ortho nitro benzene ring substituents is 1. The lowest BCUT2D eigenvalue weighted by Crippen LogP contribution is -2.25. The van der Waals surface area contributed by atoms with Crippen LogP contribution in [0.3, 0.4) is 0 Å². The van der Waals surface area contributed by atoms with Crippen molar-refractivity contribution < 1.29 is 15.0 Å². The number of azo groups is 1. The van der Waals surface area contributed by atoms with Gasteiger partial charge in [0.25, 0.3) is 5.69 Å². The molecule has 1 N–H and O–H groups in total. The molecule has 0 aliphatic heterocycles. The smallest absolute Gasteiger partial charge is 0.303 e. The Balaban J connectivity index is 1.92. The van der Waals surface area contributed by atoms with Gasteiger partial charge in [0, 0.05) is 35.6 Å². The molecule has 0 aromatic heterocycles. The molecule has 0 amide bonds. The highest BCUT2D eigenvalue weighted by Gasteiger charge is 2.21.